The summed E-state index contributed by atoms with van der Waals surface area (Å²) in [5, 5.41) is 9.11. The zero-order valence-corrected chi connectivity index (χ0v) is 28.7. The molecule has 0 saturated carbocycles. The predicted octanol–water partition coefficient (Wildman–Crippen LogP) is 14.6. The Hall–Kier alpha value is -7.10. The van der Waals surface area contributed by atoms with Gasteiger partial charge < -0.3 is 13.7 Å². The molecule has 0 saturated heterocycles. The highest BCUT2D eigenvalue weighted by atomic mass is 16.3. The third-order valence-corrected chi connectivity index (χ3v) is 10.6. The maximum Gasteiger partial charge on any atom is 0.143 e. The lowest BCUT2D eigenvalue weighted by Crippen LogP contribution is -2.10. The van der Waals surface area contributed by atoms with Crippen molar-refractivity contribution in [2.45, 2.75) is 0 Å². The van der Waals surface area contributed by atoms with Gasteiger partial charge in [-0.2, -0.15) is 0 Å². The highest BCUT2D eigenvalue weighted by Crippen LogP contribution is 2.46. The Labute approximate surface area is 305 Å². The Balaban J connectivity index is 1.08. The molecule has 11 aromatic rings. The zero-order chi connectivity index (χ0) is 34.9. The molecule has 0 N–H and O–H groups in total. The fourth-order valence-corrected chi connectivity index (χ4v) is 8.08. The van der Waals surface area contributed by atoms with Crippen LogP contribution >= 0.6 is 0 Å². The van der Waals surface area contributed by atoms with Crippen molar-refractivity contribution in [1.29, 1.82) is 0 Å². The van der Waals surface area contributed by atoms with Crippen molar-refractivity contribution in [2.24, 2.45) is 0 Å². The monoisotopic (exact) mass is 677 g/mol. The molecule has 0 amide bonds. The summed E-state index contributed by atoms with van der Waals surface area (Å²) in [7, 11) is 0. The van der Waals surface area contributed by atoms with E-state index < -0.39 is 0 Å². The van der Waals surface area contributed by atoms with Gasteiger partial charge in [0.2, 0.25) is 0 Å². The normalized spacial score (nSPS) is 11.8. The van der Waals surface area contributed by atoms with Crippen LogP contribution in [0.1, 0.15) is 0 Å². The van der Waals surface area contributed by atoms with Crippen LogP contribution in [0.3, 0.4) is 0 Å². The number of hydrogen-bond acceptors (Lipinski definition) is 3. The highest BCUT2D eigenvalue weighted by molar-refractivity contribution is 6.21. The minimum absolute atomic E-state index is 0.898. The van der Waals surface area contributed by atoms with E-state index in [1.807, 2.05) is 12.1 Å². The maximum absolute atomic E-state index is 6.90. The second-order valence-corrected chi connectivity index (χ2v) is 13.7. The molecular formula is C50H31NO2. The minimum Gasteiger partial charge on any atom is -0.456 e. The molecule has 11 rings (SSSR count). The lowest BCUT2D eigenvalue weighted by molar-refractivity contribution is 0.669. The molecule has 0 radical (unpaired) electrons. The average Bonchev–Trinajstić information content (AvgIpc) is 3.80. The van der Waals surface area contributed by atoms with Crippen LogP contribution in [-0.2, 0) is 0 Å². The molecule has 0 spiro atoms. The molecule has 0 unspecified atom stereocenters. The first-order valence-corrected chi connectivity index (χ1v) is 18.0. The topological polar surface area (TPSA) is 29.5 Å². The van der Waals surface area contributed by atoms with Crippen LogP contribution in [0.4, 0.5) is 17.1 Å². The molecule has 2 heterocycles. The van der Waals surface area contributed by atoms with Gasteiger partial charge in [0.15, 0.2) is 0 Å². The summed E-state index contributed by atoms with van der Waals surface area (Å²) in [4.78, 5) is 2.36. The molecule has 53 heavy (non-hydrogen) atoms. The smallest absolute Gasteiger partial charge is 0.143 e. The molecule has 2 aromatic heterocycles. The molecule has 0 bridgehead atoms. The maximum atomic E-state index is 6.90. The molecule has 0 atom stereocenters. The Morgan fingerprint density at radius 2 is 0.962 bits per heavy atom. The quantitative estimate of drug-likeness (QED) is 0.182. The molecule has 0 fully saturated rings. The SMILES string of the molecule is c1ccc(N(c2ccc(-c3ccc4c(c3)oc3ccccc34)cc2)c2cc3c4cccc(-c5ccc6ccccc6c5)c4oc3c3ccccc23)cc1. The number of benzene rings is 9. The number of hydrogen-bond donors (Lipinski definition) is 0. The van der Waals surface area contributed by atoms with E-state index >= 15 is 0 Å². The van der Waals surface area contributed by atoms with Gasteiger partial charge in [0.05, 0.1) is 5.69 Å². The number of anilines is 3. The number of para-hydroxylation sites is 3. The Kier molecular flexibility index (Phi) is 6.55. The third-order valence-electron chi connectivity index (χ3n) is 10.6. The lowest BCUT2D eigenvalue weighted by atomic mass is 9.98. The van der Waals surface area contributed by atoms with Crippen molar-refractivity contribution in [3.63, 3.8) is 0 Å². The first-order valence-electron chi connectivity index (χ1n) is 18.0. The molecule has 3 heteroatoms. The van der Waals surface area contributed by atoms with E-state index in [1.54, 1.807) is 0 Å². The average molecular weight is 678 g/mol. The summed E-state index contributed by atoms with van der Waals surface area (Å²) in [6.45, 7) is 0. The molecule has 0 aliphatic heterocycles. The summed E-state index contributed by atoms with van der Waals surface area (Å²) in [6.07, 6.45) is 0. The van der Waals surface area contributed by atoms with Gasteiger partial charge in [-0.15, -0.1) is 0 Å². The first kappa shape index (κ1) is 29.6. The van der Waals surface area contributed by atoms with Gasteiger partial charge >= 0.3 is 0 Å². The summed E-state index contributed by atoms with van der Waals surface area (Å²) in [5.41, 5.74) is 11.3. The first-order chi connectivity index (χ1) is 26.3. The number of rotatable bonds is 5. The van der Waals surface area contributed by atoms with E-state index in [9.17, 15) is 0 Å². The van der Waals surface area contributed by atoms with Gasteiger partial charge in [-0.3, -0.25) is 0 Å². The predicted molar refractivity (Wildman–Crippen MR) is 222 cm³/mol. The van der Waals surface area contributed by atoms with Crippen LogP contribution in [0, 0.1) is 0 Å². The fraction of sp³-hybridized carbons (Fsp3) is 0. The summed E-state index contributed by atoms with van der Waals surface area (Å²) in [5.74, 6) is 0. The number of nitrogens with zero attached hydrogens (tertiary/aromatic N) is 1. The Bertz CT molecular complexity index is 3170. The standard InChI is InChI=1S/C50H31NO2/c1-2-13-37(14-3-1)51(38-26-23-33(24-27-38)35-25-28-42-41-16-8-9-20-47(41)52-48(42)30-35)46-31-45-44-19-10-18-39(36-22-21-32-11-4-5-12-34(32)29-36)49(44)53-50(45)43-17-7-6-15-40(43)46/h1-31H. The second kappa shape index (κ2) is 11.7. The van der Waals surface area contributed by atoms with Crippen LogP contribution in [0.15, 0.2) is 197 Å². The van der Waals surface area contributed by atoms with Crippen molar-refractivity contribution in [3.8, 4) is 22.3 Å². The molecule has 0 aliphatic rings. The van der Waals surface area contributed by atoms with Crippen molar-refractivity contribution in [2.75, 3.05) is 4.90 Å². The van der Waals surface area contributed by atoms with Gasteiger partial charge in [0, 0.05) is 49.3 Å². The van der Waals surface area contributed by atoms with Gasteiger partial charge in [0.25, 0.3) is 0 Å². The highest BCUT2D eigenvalue weighted by Gasteiger charge is 2.21. The number of fused-ring (bicyclic) bond motifs is 9. The Morgan fingerprint density at radius 3 is 1.83 bits per heavy atom. The van der Waals surface area contributed by atoms with Crippen molar-refractivity contribution >= 4 is 82.5 Å². The molecule has 248 valence electrons. The molecule has 9 aromatic carbocycles. The third kappa shape index (κ3) is 4.75. The van der Waals surface area contributed by atoms with E-state index in [0.717, 1.165) is 94.0 Å². The zero-order valence-electron chi connectivity index (χ0n) is 28.7. The van der Waals surface area contributed by atoms with E-state index in [1.165, 1.54) is 10.8 Å². The fourth-order valence-electron chi connectivity index (χ4n) is 8.08. The summed E-state index contributed by atoms with van der Waals surface area (Å²) >= 11 is 0. The van der Waals surface area contributed by atoms with E-state index in [-0.39, 0.29) is 0 Å². The largest absolute Gasteiger partial charge is 0.456 e. The van der Waals surface area contributed by atoms with Gasteiger partial charge in [0.1, 0.15) is 22.3 Å². The summed E-state index contributed by atoms with van der Waals surface area (Å²) < 4.78 is 13.1. The van der Waals surface area contributed by atoms with Crippen LogP contribution in [0.2, 0.25) is 0 Å². The van der Waals surface area contributed by atoms with Crippen molar-refractivity contribution < 1.29 is 8.83 Å². The van der Waals surface area contributed by atoms with E-state index in [0.29, 0.717) is 0 Å². The van der Waals surface area contributed by atoms with E-state index in [2.05, 4.69) is 181 Å². The van der Waals surface area contributed by atoms with Crippen molar-refractivity contribution in [3.05, 3.63) is 188 Å². The molecule has 3 nitrogen and oxygen atoms in total. The summed E-state index contributed by atoms with van der Waals surface area (Å²) in [6, 6.07) is 66.7. The van der Waals surface area contributed by atoms with Crippen LogP contribution in [0.25, 0.3) is 87.7 Å². The van der Waals surface area contributed by atoms with Gasteiger partial charge in [-0.25, -0.2) is 0 Å². The van der Waals surface area contributed by atoms with Crippen LogP contribution in [0.5, 0.6) is 0 Å². The van der Waals surface area contributed by atoms with Gasteiger partial charge in [-0.05, 0) is 82.1 Å². The van der Waals surface area contributed by atoms with Gasteiger partial charge in [-0.1, -0.05) is 133 Å². The van der Waals surface area contributed by atoms with E-state index in [4.69, 9.17) is 8.83 Å². The minimum atomic E-state index is 0.898. The van der Waals surface area contributed by atoms with Crippen LogP contribution < -0.4 is 4.90 Å². The van der Waals surface area contributed by atoms with Crippen molar-refractivity contribution in [1.82, 2.24) is 0 Å². The molecule has 0 aliphatic carbocycles. The second-order valence-electron chi connectivity index (χ2n) is 13.7. The Morgan fingerprint density at radius 1 is 0.321 bits per heavy atom. The lowest BCUT2D eigenvalue weighted by Gasteiger charge is -2.27. The number of furan rings is 2. The van der Waals surface area contributed by atoms with Crippen LogP contribution in [-0.4, -0.2) is 0 Å². The molecular weight excluding hydrogens is 647 g/mol.